The van der Waals surface area contributed by atoms with E-state index in [0.29, 0.717) is 18.9 Å². The molecule has 4 rings (SSSR count). The van der Waals surface area contributed by atoms with Gasteiger partial charge in [-0.25, -0.2) is 18.2 Å². The molecule has 150 valence electrons. The first-order valence-corrected chi connectivity index (χ1v) is 9.03. The van der Waals surface area contributed by atoms with E-state index < -0.39 is 35.7 Å². The number of rotatable bonds is 3. The molecule has 1 amide bonds. The molecule has 2 fully saturated rings. The van der Waals surface area contributed by atoms with Crippen LogP contribution in [0.15, 0.2) is 22.6 Å². The highest BCUT2D eigenvalue weighted by Crippen LogP contribution is 2.35. The number of amides is 1. The number of hydrogen-bond acceptors (Lipinski definition) is 6. The summed E-state index contributed by atoms with van der Waals surface area (Å²) in [5.74, 6) is -2.54. The summed E-state index contributed by atoms with van der Waals surface area (Å²) in [4.78, 5) is 19.9. The fourth-order valence-corrected chi connectivity index (χ4v) is 3.69. The summed E-state index contributed by atoms with van der Waals surface area (Å²) in [7, 11) is 0. The van der Waals surface area contributed by atoms with Gasteiger partial charge in [-0.1, -0.05) is 5.10 Å². The van der Waals surface area contributed by atoms with Gasteiger partial charge < -0.3 is 9.32 Å². The lowest BCUT2D eigenvalue weighted by Gasteiger charge is -2.35. The molecule has 1 aromatic heterocycles. The first-order chi connectivity index (χ1) is 13.4. The van der Waals surface area contributed by atoms with Gasteiger partial charge in [0, 0.05) is 26.0 Å². The zero-order valence-corrected chi connectivity index (χ0v) is 15.1. The Morgan fingerprint density at radius 3 is 2.57 bits per heavy atom. The molecule has 10 heteroatoms. The van der Waals surface area contributed by atoms with Crippen molar-refractivity contribution < 1.29 is 27.2 Å². The number of alkyl halides is 1. The fraction of sp³-hybridized carbons (Fsp3) is 0.500. The monoisotopic (exact) mass is 396 g/mol. The predicted octanol–water partition coefficient (Wildman–Crippen LogP) is 2.73. The SMILES string of the molecule is Cc1nnc(N2CC[C@@H](C(=O)N3OCCC3c3cc(F)cc(F)c3)[C@@H](F)C2)o1. The normalized spacial score (nSPS) is 25.4. The van der Waals surface area contributed by atoms with Crippen LogP contribution in [0.4, 0.5) is 19.2 Å². The number of hydrogen-bond donors (Lipinski definition) is 0. The average Bonchev–Trinajstić information content (AvgIpc) is 3.29. The molecule has 2 aliphatic heterocycles. The third kappa shape index (κ3) is 3.56. The van der Waals surface area contributed by atoms with E-state index in [4.69, 9.17) is 9.25 Å². The van der Waals surface area contributed by atoms with Crippen molar-refractivity contribution in [3.8, 4) is 0 Å². The van der Waals surface area contributed by atoms with E-state index in [0.717, 1.165) is 23.3 Å². The summed E-state index contributed by atoms with van der Waals surface area (Å²) < 4.78 is 47.2. The second-order valence-corrected chi connectivity index (χ2v) is 6.97. The molecular formula is C18H19F3N4O3. The van der Waals surface area contributed by atoms with E-state index in [9.17, 15) is 18.0 Å². The van der Waals surface area contributed by atoms with E-state index in [-0.39, 0.29) is 31.2 Å². The Kier molecular flexibility index (Phi) is 4.96. The van der Waals surface area contributed by atoms with Crippen LogP contribution < -0.4 is 4.90 Å². The van der Waals surface area contributed by atoms with Gasteiger partial charge in [0.1, 0.15) is 17.8 Å². The van der Waals surface area contributed by atoms with E-state index in [1.54, 1.807) is 11.8 Å². The van der Waals surface area contributed by atoms with Crippen molar-refractivity contribution in [2.45, 2.75) is 32.0 Å². The number of aryl methyl sites for hydroxylation is 1. The maximum atomic E-state index is 14.8. The molecule has 1 aromatic carbocycles. The van der Waals surface area contributed by atoms with Crippen LogP contribution in [0.5, 0.6) is 0 Å². The van der Waals surface area contributed by atoms with Crippen LogP contribution in [-0.2, 0) is 9.63 Å². The minimum atomic E-state index is -1.47. The van der Waals surface area contributed by atoms with Crippen LogP contribution in [0.3, 0.4) is 0 Å². The Morgan fingerprint density at radius 2 is 1.93 bits per heavy atom. The van der Waals surface area contributed by atoms with Gasteiger partial charge in [0.05, 0.1) is 25.1 Å². The molecule has 0 aliphatic carbocycles. The van der Waals surface area contributed by atoms with Crippen LogP contribution >= 0.6 is 0 Å². The Morgan fingerprint density at radius 1 is 1.18 bits per heavy atom. The largest absolute Gasteiger partial charge is 0.408 e. The fourth-order valence-electron chi connectivity index (χ4n) is 3.69. The summed E-state index contributed by atoms with van der Waals surface area (Å²) in [5, 5.41) is 8.66. The number of nitrogens with zero attached hydrogens (tertiary/aromatic N) is 4. The quantitative estimate of drug-likeness (QED) is 0.795. The maximum Gasteiger partial charge on any atom is 0.318 e. The summed E-state index contributed by atoms with van der Waals surface area (Å²) in [5.41, 5.74) is 0.289. The Hall–Kier alpha value is -2.62. The van der Waals surface area contributed by atoms with Crippen molar-refractivity contribution in [1.82, 2.24) is 15.3 Å². The molecule has 2 aromatic rings. The highest BCUT2D eigenvalue weighted by atomic mass is 19.1. The lowest BCUT2D eigenvalue weighted by atomic mass is 9.93. The van der Waals surface area contributed by atoms with E-state index >= 15 is 0 Å². The number of halogens is 3. The number of hydroxylamine groups is 2. The van der Waals surface area contributed by atoms with Crippen LogP contribution in [0.1, 0.15) is 30.3 Å². The van der Waals surface area contributed by atoms with Gasteiger partial charge in [0.25, 0.3) is 5.91 Å². The molecule has 28 heavy (non-hydrogen) atoms. The third-order valence-corrected chi connectivity index (χ3v) is 5.04. The van der Waals surface area contributed by atoms with Crippen molar-refractivity contribution in [3.63, 3.8) is 0 Å². The summed E-state index contributed by atoms with van der Waals surface area (Å²) in [6.45, 7) is 2.15. The lowest BCUT2D eigenvalue weighted by molar-refractivity contribution is -0.184. The zero-order valence-electron chi connectivity index (χ0n) is 15.1. The minimum absolute atomic E-state index is 0.0643. The Labute approximate surface area is 159 Å². The van der Waals surface area contributed by atoms with Crippen LogP contribution in [0.25, 0.3) is 0 Å². The van der Waals surface area contributed by atoms with Crippen molar-refractivity contribution in [3.05, 3.63) is 41.3 Å². The van der Waals surface area contributed by atoms with E-state index in [2.05, 4.69) is 10.2 Å². The second kappa shape index (κ2) is 7.42. The van der Waals surface area contributed by atoms with Gasteiger partial charge in [-0.05, 0) is 24.1 Å². The molecule has 0 spiro atoms. The topological polar surface area (TPSA) is 71.7 Å². The number of benzene rings is 1. The molecule has 1 unspecified atom stereocenters. The predicted molar refractivity (Wildman–Crippen MR) is 90.8 cm³/mol. The van der Waals surface area contributed by atoms with Gasteiger partial charge >= 0.3 is 6.01 Å². The van der Waals surface area contributed by atoms with Crippen molar-refractivity contribution in [2.75, 3.05) is 24.6 Å². The van der Waals surface area contributed by atoms with Crippen LogP contribution in [0, 0.1) is 24.5 Å². The highest BCUT2D eigenvalue weighted by Gasteiger charge is 2.42. The highest BCUT2D eigenvalue weighted by molar-refractivity contribution is 5.79. The molecule has 3 atom stereocenters. The van der Waals surface area contributed by atoms with Gasteiger partial charge in [-0.3, -0.25) is 9.63 Å². The molecule has 7 nitrogen and oxygen atoms in total. The van der Waals surface area contributed by atoms with Gasteiger partial charge in [-0.15, -0.1) is 5.10 Å². The lowest BCUT2D eigenvalue weighted by Crippen LogP contribution is -2.48. The van der Waals surface area contributed by atoms with E-state index in [1.165, 1.54) is 0 Å². The van der Waals surface area contributed by atoms with Crippen molar-refractivity contribution >= 4 is 11.9 Å². The van der Waals surface area contributed by atoms with Gasteiger partial charge in [-0.2, -0.15) is 0 Å². The summed E-state index contributed by atoms with van der Waals surface area (Å²) in [6, 6.07) is 2.66. The molecule has 0 N–H and O–H groups in total. The maximum absolute atomic E-state index is 14.8. The van der Waals surface area contributed by atoms with Crippen molar-refractivity contribution in [1.29, 1.82) is 0 Å². The average molecular weight is 396 g/mol. The summed E-state index contributed by atoms with van der Waals surface area (Å²) in [6.07, 6.45) is -0.862. The number of carbonyl (C=O) groups is 1. The Bertz CT molecular complexity index is 857. The van der Waals surface area contributed by atoms with Gasteiger partial charge in [0.15, 0.2) is 0 Å². The number of anilines is 1. The van der Waals surface area contributed by atoms with Gasteiger partial charge in [0.2, 0.25) is 5.89 Å². The molecular weight excluding hydrogens is 377 g/mol. The molecule has 0 saturated carbocycles. The molecule has 3 heterocycles. The zero-order chi connectivity index (χ0) is 19.8. The van der Waals surface area contributed by atoms with Crippen LogP contribution in [-0.4, -0.2) is 47.0 Å². The number of carbonyl (C=O) groups excluding carboxylic acids is 1. The second-order valence-electron chi connectivity index (χ2n) is 6.97. The summed E-state index contributed by atoms with van der Waals surface area (Å²) >= 11 is 0. The number of aromatic nitrogens is 2. The minimum Gasteiger partial charge on any atom is -0.408 e. The number of piperidine rings is 1. The first kappa shape index (κ1) is 18.7. The molecule has 2 saturated heterocycles. The molecule has 0 radical (unpaired) electrons. The standard InChI is InChI=1S/C18H19F3N4O3/c1-10-22-23-18(28-10)24-4-2-14(15(21)9-24)17(26)25-16(3-5-27-25)11-6-12(19)8-13(20)7-11/h6-8,14-16H,2-5,9H2,1H3/t14-,15+,16?/m1/s1. The van der Waals surface area contributed by atoms with Crippen LogP contribution in [0.2, 0.25) is 0 Å². The molecule has 0 bridgehead atoms. The Balaban J connectivity index is 1.47. The van der Waals surface area contributed by atoms with E-state index in [1.807, 2.05) is 0 Å². The smallest absolute Gasteiger partial charge is 0.318 e. The molecule has 2 aliphatic rings. The van der Waals surface area contributed by atoms with Crippen molar-refractivity contribution in [2.24, 2.45) is 5.92 Å². The third-order valence-electron chi connectivity index (χ3n) is 5.04. The first-order valence-electron chi connectivity index (χ1n) is 9.03.